The number of methoxy groups -OCH3 is 1. The Kier molecular flexibility index (Phi) is 6.67. The Balaban J connectivity index is 1.79. The Morgan fingerprint density at radius 3 is 3.00 bits per heavy atom. The van der Waals surface area contributed by atoms with Crippen molar-refractivity contribution in [3.8, 4) is 0 Å². The zero-order chi connectivity index (χ0) is 15.1. The molecule has 0 spiro atoms. The van der Waals surface area contributed by atoms with E-state index in [0.29, 0.717) is 6.42 Å². The summed E-state index contributed by atoms with van der Waals surface area (Å²) in [5.74, 6) is -0.122. The molecule has 0 radical (unpaired) electrons. The Morgan fingerprint density at radius 1 is 1.43 bits per heavy atom. The lowest BCUT2D eigenvalue weighted by molar-refractivity contribution is -0.140. The highest BCUT2D eigenvalue weighted by atomic mass is 79.9. The Hall–Kier alpha value is -0.910. The van der Waals surface area contributed by atoms with Gasteiger partial charge in [0.05, 0.1) is 19.8 Å². The van der Waals surface area contributed by atoms with Crippen molar-refractivity contribution in [2.24, 2.45) is 0 Å². The number of carbonyl (C=O) groups is 1. The Morgan fingerprint density at radius 2 is 2.24 bits per heavy atom. The quantitative estimate of drug-likeness (QED) is 0.580. The van der Waals surface area contributed by atoms with Gasteiger partial charge in [0, 0.05) is 24.0 Å². The summed E-state index contributed by atoms with van der Waals surface area (Å²) < 4.78 is 11.6. The molecule has 0 unspecified atom stereocenters. The first-order valence-electron chi connectivity index (χ1n) is 7.36. The van der Waals surface area contributed by atoms with Crippen molar-refractivity contribution in [3.63, 3.8) is 0 Å². The van der Waals surface area contributed by atoms with Crippen LogP contribution in [0.2, 0.25) is 0 Å². The molecule has 2 rings (SSSR count). The zero-order valence-corrected chi connectivity index (χ0v) is 14.0. The number of rotatable bonds is 6. The Labute approximate surface area is 134 Å². The molecule has 1 aliphatic heterocycles. The van der Waals surface area contributed by atoms with Crippen LogP contribution in [0.5, 0.6) is 0 Å². The van der Waals surface area contributed by atoms with Crippen LogP contribution in [0.1, 0.15) is 30.9 Å². The highest BCUT2D eigenvalue weighted by Crippen LogP contribution is 2.28. The van der Waals surface area contributed by atoms with Gasteiger partial charge in [0.25, 0.3) is 0 Å². The number of benzene rings is 1. The summed E-state index contributed by atoms with van der Waals surface area (Å²) in [4.78, 5) is 13.5. The number of morpholine rings is 1. The molecule has 1 heterocycles. The van der Waals surface area contributed by atoms with Crippen LogP contribution in [-0.4, -0.2) is 44.2 Å². The van der Waals surface area contributed by atoms with Crippen molar-refractivity contribution in [1.82, 2.24) is 4.90 Å². The molecule has 1 aliphatic rings. The molecule has 1 fully saturated rings. The van der Waals surface area contributed by atoms with Gasteiger partial charge >= 0.3 is 5.97 Å². The second-order valence-corrected chi connectivity index (χ2v) is 6.07. The third kappa shape index (κ3) is 5.09. The lowest BCUT2D eigenvalue weighted by Crippen LogP contribution is -2.39. The van der Waals surface area contributed by atoms with E-state index in [1.54, 1.807) is 0 Å². The van der Waals surface area contributed by atoms with Crippen LogP contribution in [0.15, 0.2) is 28.7 Å². The van der Waals surface area contributed by atoms with Crippen molar-refractivity contribution in [2.75, 3.05) is 33.4 Å². The van der Waals surface area contributed by atoms with Gasteiger partial charge < -0.3 is 9.47 Å². The number of nitrogens with zero attached hydrogens (tertiary/aromatic N) is 1. The van der Waals surface area contributed by atoms with E-state index >= 15 is 0 Å². The van der Waals surface area contributed by atoms with Gasteiger partial charge in [-0.15, -0.1) is 0 Å². The number of esters is 1. The lowest BCUT2D eigenvalue weighted by Gasteiger charge is -2.33. The molecule has 1 aromatic rings. The second-order valence-electron chi connectivity index (χ2n) is 5.21. The molecule has 21 heavy (non-hydrogen) atoms. The number of hydrogen-bond acceptors (Lipinski definition) is 4. The monoisotopic (exact) mass is 355 g/mol. The molecule has 0 N–H and O–H groups in total. The van der Waals surface area contributed by atoms with E-state index < -0.39 is 0 Å². The molecule has 0 saturated carbocycles. The number of halogens is 1. The maximum Gasteiger partial charge on any atom is 0.305 e. The summed E-state index contributed by atoms with van der Waals surface area (Å²) in [6.45, 7) is 3.62. The molecular weight excluding hydrogens is 334 g/mol. The van der Waals surface area contributed by atoms with E-state index in [4.69, 9.17) is 4.74 Å². The predicted octanol–water partition coefficient (Wildman–Crippen LogP) is 3.17. The predicted molar refractivity (Wildman–Crippen MR) is 85.1 cm³/mol. The number of carbonyl (C=O) groups excluding carboxylic acids is 1. The van der Waals surface area contributed by atoms with E-state index in [1.807, 2.05) is 18.2 Å². The SMILES string of the molecule is COC(=O)CCCCN1CCO[C@@H](c2ccccc2Br)C1. The summed E-state index contributed by atoms with van der Waals surface area (Å²) in [7, 11) is 1.44. The summed E-state index contributed by atoms with van der Waals surface area (Å²) in [6.07, 6.45) is 2.52. The molecule has 0 bridgehead atoms. The number of ether oxygens (including phenoxy) is 2. The van der Waals surface area contributed by atoms with Gasteiger partial charge in [-0.3, -0.25) is 9.69 Å². The highest BCUT2D eigenvalue weighted by Gasteiger charge is 2.23. The van der Waals surface area contributed by atoms with Crippen LogP contribution in [0.3, 0.4) is 0 Å². The van der Waals surface area contributed by atoms with Crippen LogP contribution in [-0.2, 0) is 14.3 Å². The van der Waals surface area contributed by atoms with Gasteiger partial charge in [-0.2, -0.15) is 0 Å². The third-order valence-corrected chi connectivity index (χ3v) is 4.46. The van der Waals surface area contributed by atoms with Crippen LogP contribution in [0, 0.1) is 0 Å². The first kappa shape index (κ1) is 16.5. The fourth-order valence-corrected chi connectivity index (χ4v) is 3.08. The summed E-state index contributed by atoms with van der Waals surface area (Å²) in [6, 6.07) is 8.21. The van der Waals surface area contributed by atoms with Gasteiger partial charge in [0.15, 0.2) is 0 Å². The molecule has 1 aromatic carbocycles. The maximum absolute atomic E-state index is 11.1. The molecule has 1 saturated heterocycles. The minimum Gasteiger partial charge on any atom is -0.469 e. The van der Waals surface area contributed by atoms with Crippen molar-refractivity contribution >= 4 is 21.9 Å². The minimum absolute atomic E-state index is 0.120. The molecule has 0 aliphatic carbocycles. The third-order valence-electron chi connectivity index (χ3n) is 3.74. The fourth-order valence-electron chi connectivity index (χ4n) is 2.54. The lowest BCUT2D eigenvalue weighted by atomic mass is 10.1. The highest BCUT2D eigenvalue weighted by molar-refractivity contribution is 9.10. The normalized spacial score (nSPS) is 19.4. The Bertz CT molecular complexity index is 467. The van der Waals surface area contributed by atoms with Crippen LogP contribution in [0.25, 0.3) is 0 Å². The van der Waals surface area contributed by atoms with Crippen LogP contribution < -0.4 is 0 Å². The van der Waals surface area contributed by atoms with Crippen LogP contribution >= 0.6 is 15.9 Å². The first-order chi connectivity index (χ1) is 10.2. The fraction of sp³-hybridized carbons (Fsp3) is 0.562. The summed E-state index contributed by atoms with van der Waals surface area (Å²) >= 11 is 3.59. The maximum atomic E-state index is 11.1. The molecule has 1 atom stereocenters. The van der Waals surface area contributed by atoms with Gasteiger partial charge in [-0.1, -0.05) is 34.1 Å². The second kappa shape index (κ2) is 8.51. The van der Waals surface area contributed by atoms with Crippen molar-refractivity contribution in [1.29, 1.82) is 0 Å². The molecule has 5 heteroatoms. The van der Waals surface area contributed by atoms with Crippen molar-refractivity contribution in [3.05, 3.63) is 34.3 Å². The molecule has 116 valence electrons. The van der Waals surface area contributed by atoms with E-state index in [0.717, 1.165) is 43.6 Å². The summed E-state index contributed by atoms with van der Waals surface area (Å²) in [5, 5.41) is 0. The molecule has 0 aromatic heterocycles. The van der Waals surface area contributed by atoms with E-state index in [9.17, 15) is 4.79 Å². The van der Waals surface area contributed by atoms with Gasteiger partial charge in [0.1, 0.15) is 0 Å². The molecule has 4 nitrogen and oxygen atoms in total. The van der Waals surface area contributed by atoms with Gasteiger partial charge in [-0.05, 0) is 31.0 Å². The van der Waals surface area contributed by atoms with Crippen molar-refractivity contribution < 1.29 is 14.3 Å². The van der Waals surface area contributed by atoms with Crippen LogP contribution in [0.4, 0.5) is 0 Å². The van der Waals surface area contributed by atoms with E-state index in [2.05, 4.69) is 31.6 Å². The largest absolute Gasteiger partial charge is 0.469 e. The molecular formula is C16H22BrNO3. The van der Waals surface area contributed by atoms with Crippen molar-refractivity contribution in [2.45, 2.75) is 25.4 Å². The van der Waals surface area contributed by atoms with Gasteiger partial charge in [0.2, 0.25) is 0 Å². The average Bonchev–Trinajstić information content (AvgIpc) is 2.52. The standard InChI is InChI=1S/C16H22BrNO3/c1-20-16(19)8-4-5-9-18-10-11-21-15(12-18)13-6-2-3-7-14(13)17/h2-3,6-7,15H,4-5,8-12H2,1H3/t15-/m1/s1. The summed E-state index contributed by atoms with van der Waals surface area (Å²) in [5.41, 5.74) is 1.21. The number of unbranched alkanes of at least 4 members (excludes halogenated alkanes) is 1. The first-order valence-corrected chi connectivity index (χ1v) is 8.15. The van der Waals surface area contributed by atoms with E-state index in [1.165, 1.54) is 12.7 Å². The smallest absolute Gasteiger partial charge is 0.305 e. The van der Waals surface area contributed by atoms with Gasteiger partial charge in [-0.25, -0.2) is 0 Å². The average molecular weight is 356 g/mol. The minimum atomic E-state index is -0.122. The molecule has 0 amide bonds. The number of hydrogen-bond donors (Lipinski definition) is 0. The topological polar surface area (TPSA) is 38.8 Å². The van der Waals surface area contributed by atoms with E-state index in [-0.39, 0.29) is 12.1 Å². The zero-order valence-electron chi connectivity index (χ0n) is 12.4.